The van der Waals surface area contributed by atoms with Crippen LogP contribution in [-0.4, -0.2) is 14.5 Å². The predicted octanol–water partition coefficient (Wildman–Crippen LogP) is 1.50. The maximum atomic E-state index is 11.1. The summed E-state index contributed by atoms with van der Waals surface area (Å²) >= 11 is 5.67. The molecule has 0 unspecified atom stereocenters. The molecule has 0 amide bonds. The third-order valence-electron chi connectivity index (χ3n) is 2.01. The van der Waals surface area contributed by atoms with Gasteiger partial charge in [0.15, 0.2) is 0 Å². The van der Waals surface area contributed by atoms with Crippen molar-refractivity contribution in [2.24, 2.45) is 7.05 Å². The van der Waals surface area contributed by atoms with Crippen LogP contribution in [0.1, 0.15) is 0 Å². The molecule has 2 aromatic rings. The molecule has 2 rings (SSSR count). The van der Waals surface area contributed by atoms with Crippen molar-refractivity contribution in [3.8, 4) is 11.1 Å². The van der Waals surface area contributed by atoms with Crippen LogP contribution < -0.4 is 5.69 Å². The van der Waals surface area contributed by atoms with Gasteiger partial charge in [0.25, 0.3) is 0 Å². The van der Waals surface area contributed by atoms with Gasteiger partial charge in [0.05, 0.1) is 0 Å². The van der Waals surface area contributed by atoms with E-state index in [4.69, 9.17) is 11.6 Å². The van der Waals surface area contributed by atoms with Gasteiger partial charge in [0.1, 0.15) is 5.15 Å². The number of aromatic nitrogens is 3. The van der Waals surface area contributed by atoms with Gasteiger partial charge in [-0.1, -0.05) is 11.6 Å². The van der Waals surface area contributed by atoms with E-state index in [-0.39, 0.29) is 5.69 Å². The van der Waals surface area contributed by atoms with Crippen molar-refractivity contribution in [3.05, 3.63) is 46.4 Å². The van der Waals surface area contributed by atoms with Crippen LogP contribution in [0.3, 0.4) is 0 Å². The lowest BCUT2D eigenvalue weighted by Crippen LogP contribution is -2.18. The highest BCUT2D eigenvalue weighted by atomic mass is 35.5. The van der Waals surface area contributed by atoms with E-state index in [1.165, 1.54) is 10.8 Å². The summed E-state index contributed by atoms with van der Waals surface area (Å²) < 4.78 is 1.42. The van der Waals surface area contributed by atoms with E-state index in [9.17, 15) is 4.79 Å². The number of aryl methyl sites for hydroxylation is 1. The summed E-state index contributed by atoms with van der Waals surface area (Å²) in [7, 11) is 1.65. The van der Waals surface area contributed by atoms with Gasteiger partial charge in [0.2, 0.25) is 0 Å². The van der Waals surface area contributed by atoms with Crippen LogP contribution in [0.2, 0.25) is 5.15 Å². The Morgan fingerprint density at radius 2 is 1.93 bits per heavy atom. The Balaban J connectivity index is 2.50. The zero-order chi connectivity index (χ0) is 10.8. The molecule has 0 aromatic carbocycles. The Kier molecular flexibility index (Phi) is 2.51. The SMILES string of the molecule is Cn1cc(-c2ccc(Cl)nc2)cnc1=O. The second-order valence-corrected chi connectivity index (χ2v) is 3.49. The van der Waals surface area contributed by atoms with Crippen molar-refractivity contribution in [3.63, 3.8) is 0 Å². The second-order valence-electron chi connectivity index (χ2n) is 3.11. The zero-order valence-electron chi connectivity index (χ0n) is 8.01. The van der Waals surface area contributed by atoms with Crippen LogP contribution >= 0.6 is 11.6 Å². The van der Waals surface area contributed by atoms with Gasteiger partial charge >= 0.3 is 5.69 Å². The van der Waals surface area contributed by atoms with Crippen LogP contribution in [0.4, 0.5) is 0 Å². The minimum Gasteiger partial charge on any atom is -0.302 e. The number of rotatable bonds is 1. The fraction of sp³-hybridized carbons (Fsp3) is 0.100. The number of nitrogens with zero attached hydrogens (tertiary/aromatic N) is 3. The lowest BCUT2D eigenvalue weighted by Gasteiger charge is -2.02. The Morgan fingerprint density at radius 1 is 1.20 bits per heavy atom. The molecule has 15 heavy (non-hydrogen) atoms. The van der Waals surface area contributed by atoms with E-state index in [0.29, 0.717) is 5.15 Å². The van der Waals surface area contributed by atoms with Gasteiger partial charge in [-0.2, -0.15) is 0 Å². The summed E-state index contributed by atoms with van der Waals surface area (Å²) in [5.74, 6) is 0. The minimum atomic E-state index is -0.277. The summed E-state index contributed by atoms with van der Waals surface area (Å²) in [4.78, 5) is 18.8. The highest BCUT2D eigenvalue weighted by molar-refractivity contribution is 6.29. The smallest absolute Gasteiger partial charge is 0.302 e. The Labute approximate surface area is 91.2 Å². The van der Waals surface area contributed by atoms with Crippen molar-refractivity contribution in [1.29, 1.82) is 0 Å². The molecular formula is C10H8ClN3O. The maximum absolute atomic E-state index is 11.1. The van der Waals surface area contributed by atoms with Crippen LogP contribution in [0.15, 0.2) is 35.5 Å². The van der Waals surface area contributed by atoms with Crippen molar-refractivity contribution >= 4 is 11.6 Å². The standard InChI is InChI=1S/C10H8ClN3O/c1-14-6-8(5-13-10(14)15)7-2-3-9(11)12-4-7/h2-6H,1H3. The van der Waals surface area contributed by atoms with Crippen LogP contribution in [0.25, 0.3) is 11.1 Å². The molecule has 2 aromatic heterocycles. The molecule has 0 spiro atoms. The van der Waals surface area contributed by atoms with E-state index >= 15 is 0 Å². The van der Waals surface area contributed by atoms with Crippen molar-refractivity contribution in [1.82, 2.24) is 14.5 Å². The van der Waals surface area contributed by atoms with E-state index in [0.717, 1.165) is 11.1 Å². The molecule has 0 N–H and O–H groups in total. The first kappa shape index (κ1) is 9.86. The molecule has 0 bridgehead atoms. The van der Waals surface area contributed by atoms with Crippen LogP contribution in [0.5, 0.6) is 0 Å². The highest BCUT2D eigenvalue weighted by Gasteiger charge is 2.00. The summed E-state index contributed by atoms with van der Waals surface area (Å²) in [6.45, 7) is 0. The molecule has 5 heteroatoms. The summed E-state index contributed by atoms with van der Waals surface area (Å²) in [6, 6.07) is 3.53. The Bertz CT molecular complexity index is 533. The van der Waals surface area contributed by atoms with E-state index in [2.05, 4.69) is 9.97 Å². The van der Waals surface area contributed by atoms with E-state index in [1.807, 2.05) is 6.07 Å². The van der Waals surface area contributed by atoms with Crippen molar-refractivity contribution < 1.29 is 0 Å². The number of halogens is 1. The molecule has 0 atom stereocenters. The summed E-state index contributed by atoms with van der Waals surface area (Å²) in [5, 5.41) is 0.441. The third-order valence-corrected chi connectivity index (χ3v) is 2.23. The Hall–Kier alpha value is -1.68. The molecule has 0 aliphatic heterocycles. The number of hydrogen-bond donors (Lipinski definition) is 0. The van der Waals surface area contributed by atoms with Gasteiger partial charge in [-0.05, 0) is 12.1 Å². The van der Waals surface area contributed by atoms with Crippen LogP contribution in [0, 0.1) is 0 Å². The molecule has 0 aliphatic carbocycles. The largest absolute Gasteiger partial charge is 0.347 e. The fourth-order valence-corrected chi connectivity index (χ4v) is 1.32. The zero-order valence-corrected chi connectivity index (χ0v) is 8.77. The molecular weight excluding hydrogens is 214 g/mol. The van der Waals surface area contributed by atoms with Crippen molar-refractivity contribution in [2.75, 3.05) is 0 Å². The van der Waals surface area contributed by atoms with E-state index in [1.54, 1.807) is 25.5 Å². The second kappa shape index (κ2) is 3.82. The lowest BCUT2D eigenvalue weighted by molar-refractivity contribution is 0.812. The minimum absolute atomic E-state index is 0.277. The van der Waals surface area contributed by atoms with Gasteiger partial charge in [-0.15, -0.1) is 0 Å². The van der Waals surface area contributed by atoms with Gasteiger partial charge < -0.3 is 4.57 Å². The predicted molar refractivity (Wildman–Crippen MR) is 57.7 cm³/mol. The third kappa shape index (κ3) is 2.05. The van der Waals surface area contributed by atoms with E-state index < -0.39 is 0 Å². The quantitative estimate of drug-likeness (QED) is 0.686. The first-order chi connectivity index (χ1) is 7.16. The monoisotopic (exact) mass is 221 g/mol. The van der Waals surface area contributed by atoms with Crippen molar-refractivity contribution in [2.45, 2.75) is 0 Å². The van der Waals surface area contributed by atoms with Gasteiger partial charge in [-0.25, -0.2) is 14.8 Å². The average Bonchev–Trinajstić information content (AvgIpc) is 2.23. The summed E-state index contributed by atoms with van der Waals surface area (Å²) in [5.41, 5.74) is 1.43. The normalized spacial score (nSPS) is 10.3. The first-order valence-electron chi connectivity index (χ1n) is 4.31. The molecule has 0 fully saturated rings. The summed E-state index contributed by atoms with van der Waals surface area (Å²) in [6.07, 6.45) is 4.87. The molecule has 0 saturated heterocycles. The highest BCUT2D eigenvalue weighted by Crippen LogP contribution is 2.17. The average molecular weight is 222 g/mol. The molecule has 0 aliphatic rings. The fourth-order valence-electron chi connectivity index (χ4n) is 1.21. The molecule has 4 nitrogen and oxygen atoms in total. The molecule has 2 heterocycles. The van der Waals surface area contributed by atoms with Gasteiger partial charge in [-0.3, -0.25) is 0 Å². The van der Waals surface area contributed by atoms with Crippen LogP contribution in [-0.2, 0) is 7.05 Å². The lowest BCUT2D eigenvalue weighted by atomic mass is 10.1. The molecule has 0 saturated carbocycles. The topological polar surface area (TPSA) is 47.8 Å². The van der Waals surface area contributed by atoms with Gasteiger partial charge in [0, 0.05) is 36.8 Å². The molecule has 0 radical (unpaired) electrons. The number of hydrogen-bond acceptors (Lipinski definition) is 3. The first-order valence-corrected chi connectivity index (χ1v) is 4.69. The molecule has 76 valence electrons. The Morgan fingerprint density at radius 3 is 2.53 bits per heavy atom. The number of pyridine rings is 1. The maximum Gasteiger partial charge on any atom is 0.347 e.